The summed E-state index contributed by atoms with van der Waals surface area (Å²) in [7, 11) is -7.19. The van der Waals surface area contributed by atoms with E-state index in [1.807, 2.05) is 66.2 Å². The molecule has 1 aliphatic carbocycles. The zero-order valence-electron chi connectivity index (χ0n) is 35.2. The van der Waals surface area contributed by atoms with Gasteiger partial charge in [0.1, 0.15) is 4.90 Å². The first-order valence-electron chi connectivity index (χ1n) is 20.4. The Morgan fingerprint density at radius 1 is 0.903 bits per heavy atom. The Bertz CT molecular complexity index is 2440. The fourth-order valence-electron chi connectivity index (χ4n) is 7.74. The van der Waals surface area contributed by atoms with Crippen LogP contribution in [0.3, 0.4) is 0 Å². The molecule has 17 heteroatoms. The molecule has 334 valence electrons. The summed E-state index contributed by atoms with van der Waals surface area (Å²) in [6.07, 6.45) is 3.59. The maximum atomic E-state index is 14.1. The van der Waals surface area contributed by atoms with Crippen molar-refractivity contribution >= 4 is 66.1 Å². The molecule has 1 saturated heterocycles. The van der Waals surface area contributed by atoms with Gasteiger partial charge in [-0.05, 0) is 130 Å². The molecule has 62 heavy (non-hydrogen) atoms. The molecule has 1 atom stereocenters. The Kier molecular flexibility index (Phi) is 15.1. The zero-order chi connectivity index (χ0) is 44.9. The lowest BCUT2D eigenvalue weighted by molar-refractivity contribution is -0.0435. The van der Waals surface area contributed by atoms with Crippen LogP contribution in [0.1, 0.15) is 55.5 Å². The van der Waals surface area contributed by atoms with Gasteiger partial charge in [0.05, 0.1) is 10.6 Å². The van der Waals surface area contributed by atoms with E-state index in [-0.39, 0.29) is 11.0 Å². The number of carbonyl (C=O) groups is 1. The molecule has 10 nitrogen and oxygen atoms in total. The fourth-order valence-corrected chi connectivity index (χ4v) is 10.9. The average molecular weight is 933 g/mol. The number of benzene rings is 4. The number of allylic oxidation sites excluding steroid dienone is 1. The molecule has 0 saturated carbocycles. The predicted molar refractivity (Wildman–Crippen MR) is 243 cm³/mol. The number of thioether (sulfide) groups is 1. The van der Waals surface area contributed by atoms with Gasteiger partial charge in [-0.3, -0.25) is 9.69 Å². The van der Waals surface area contributed by atoms with Gasteiger partial charge in [0.2, 0.25) is 0 Å². The quantitative estimate of drug-likeness (QED) is 0.105. The molecule has 0 spiro atoms. The third kappa shape index (κ3) is 12.1. The van der Waals surface area contributed by atoms with E-state index in [1.165, 1.54) is 40.6 Å². The number of hydrogen-bond donors (Lipinski definition) is 2. The molecule has 2 N–H and O–H groups in total. The normalized spacial score (nSPS) is 17.0. The van der Waals surface area contributed by atoms with Crippen LogP contribution in [0, 0.1) is 5.41 Å². The number of hydrogen-bond acceptors (Lipinski definition) is 10. The molecule has 0 bridgehead atoms. The van der Waals surface area contributed by atoms with Crippen molar-refractivity contribution in [2.24, 2.45) is 5.41 Å². The SMILES string of the molecule is CN(C)CC[C@H](CSc1ccccc1)Nc1ccc(S(=O)(=O)NC(=O)c2ccc(N3CCN(CC4=C(c5ccc(Cl)cc5)CCC(C)(C)C4)CC3)cc2)cc1S(=O)(=O)C(F)(F)F. The highest BCUT2D eigenvalue weighted by Gasteiger charge is 2.48. The van der Waals surface area contributed by atoms with Gasteiger partial charge in [0, 0.05) is 65.7 Å². The number of carbonyl (C=O) groups excluding carboxylic acids is 1. The van der Waals surface area contributed by atoms with E-state index in [1.54, 1.807) is 12.1 Å². The number of alkyl halides is 3. The van der Waals surface area contributed by atoms with Gasteiger partial charge in [-0.1, -0.05) is 61.4 Å². The second-order valence-electron chi connectivity index (χ2n) is 16.8. The Morgan fingerprint density at radius 3 is 2.19 bits per heavy atom. The molecule has 1 heterocycles. The lowest BCUT2D eigenvalue weighted by atomic mass is 9.73. The summed E-state index contributed by atoms with van der Waals surface area (Å²) in [5.41, 5.74) is -1.00. The van der Waals surface area contributed by atoms with Gasteiger partial charge >= 0.3 is 5.51 Å². The van der Waals surface area contributed by atoms with E-state index in [0.717, 1.165) is 74.7 Å². The molecule has 2 aliphatic rings. The number of piperazine rings is 1. The molecule has 1 aliphatic heterocycles. The number of sulfone groups is 1. The van der Waals surface area contributed by atoms with E-state index >= 15 is 0 Å². The Balaban J connectivity index is 1.12. The topological polar surface area (TPSA) is 119 Å². The lowest BCUT2D eigenvalue weighted by Gasteiger charge is -2.39. The van der Waals surface area contributed by atoms with Crippen molar-refractivity contribution in [3.05, 3.63) is 119 Å². The molecule has 0 radical (unpaired) electrons. The number of rotatable bonds is 16. The number of anilines is 2. The third-order valence-electron chi connectivity index (χ3n) is 11.2. The summed E-state index contributed by atoms with van der Waals surface area (Å²) >= 11 is 7.62. The van der Waals surface area contributed by atoms with Gasteiger partial charge in [-0.25, -0.2) is 21.6 Å². The van der Waals surface area contributed by atoms with Crippen molar-refractivity contribution in [2.75, 3.05) is 69.3 Å². The van der Waals surface area contributed by atoms with Crippen molar-refractivity contribution in [1.29, 1.82) is 0 Å². The molecule has 4 aromatic rings. The highest BCUT2D eigenvalue weighted by atomic mass is 35.5. The molecular formula is C45H53ClF3N5O5S3. The predicted octanol–water partition coefficient (Wildman–Crippen LogP) is 9.06. The van der Waals surface area contributed by atoms with Crippen LogP contribution in [0.15, 0.2) is 117 Å². The molecule has 0 aromatic heterocycles. The summed E-state index contributed by atoms with van der Waals surface area (Å²) in [4.78, 5) is 18.7. The number of amides is 1. The molecular weight excluding hydrogens is 879 g/mol. The molecule has 4 aromatic carbocycles. The number of sulfonamides is 1. The summed E-state index contributed by atoms with van der Waals surface area (Å²) in [5.74, 6) is -0.649. The van der Waals surface area contributed by atoms with Crippen molar-refractivity contribution in [2.45, 2.75) is 65.8 Å². The minimum atomic E-state index is -6.03. The van der Waals surface area contributed by atoms with Crippen LogP contribution in [0.5, 0.6) is 0 Å². The smallest absolute Gasteiger partial charge is 0.380 e. The van der Waals surface area contributed by atoms with Gasteiger partial charge in [0.25, 0.3) is 25.8 Å². The summed E-state index contributed by atoms with van der Waals surface area (Å²) < 4.78 is 96.9. The molecule has 1 amide bonds. The van der Waals surface area contributed by atoms with Crippen molar-refractivity contribution in [1.82, 2.24) is 14.5 Å². The van der Waals surface area contributed by atoms with Crippen molar-refractivity contribution < 1.29 is 34.8 Å². The average Bonchev–Trinajstić information content (AvgIpc) is 3.22. The van der Waals surface area contributed by atoms with E-state index in [9.17, 15) is 34.8 Å². The maximum Gasteiger partial charge on any atom is 0.501 e. The van der Waals surface area contributed by atoms with E-state index < -0.39 is 52.8 Å². The first-order chi connectivity index (χ1) is 29.2. The van der Waals surface area contributed by atoms with E-state index in [0.29, 0.717) is 29.8 Å². The zero-order valence-corrected chi connectivity index (χ0v) is 38.4. The molecule has 6 rings (SSSR count). The second kappa shape index (κ2) is 19.8. The van der Waals surface area contributed by atoms with Gasteiger partial charge in [-0.2, -0.15) is 13.2 Å². The first kappa shape index (κ1) is 47.4. The highest BCUT2D eigenvalue weighted by Crippen LogP contribution is 2.43. The van der Waals surface area contributed by atoms with Crippen LogP contribution in [-0.4, -0.2) is 103 Å². The van der Waals surface area contributed by atoms with Crippen molar-refractivity contribution in [3.8, 4) is 0 Å². The minimum Gasteiger partial charge on any atom is -0.380 e. The molecule has 0 unspecified atom stereocenters. The third-order valence-corrected chi connectivity index (χ3v) is 15.5. The summed E-state index contributed by atoms with van der Waals surface area (Å²) in [5, 5.41) is 3.66. The van der Waals surface area contributed by atoms with Crippen molar-refractivity contribution in [3.63, 3.8) is 0 Å². The lowest BCUT2D eigenvalue weighted by Crippen LogP contribution is -2.47. The Hall–Kier alpha value is -4.06. The fraction of sp³-hybridized carbons (Fsp3) is 0.400. The van der Waals surface area contributed by atoms with E-state index in [2.05, 4.69) is 41.1 Å². The van der Waals surface area contributed by atoms with Crippen LogP contribution < -0.4 is 14.9 Å². The Morgan fingerprint density at radius 2 is 1.56 bits per heavy atom. The number of nitrogens with zero attached hydrogens (tertiary/aromatic N) is 3. The van der Waals surface area contributed by atoms with Crippen LogP contribution >= 0.6 is 23.4 Å². The van der Waals surface area contributed by atoms with Crippen LogP contribution in [0.25, 0.3) is 5.57 Å². The van der Waals surface area contributed by atoms with E-state index in [4.69, 9.17) is 11.6 Å². The van der Waals surface area contributed by atoms with Crippen LogP contribution in [-0.2, 0) is 19.9 Å². The minimum absolute atomic E-state index is 0.00128. The Labute approximate surface area is 372 Å². The largest absolute Gasteiger partial charge is 0.501 e. The van der Waals surface area contributed by atoms with Crippen LogP contribution in [0.2, 0.25) is 5.02 Å². The summed E-state index contributed by atoms with van der Waals surface area (Å²) in [6.45, 7) is 9.16. The highest BCUT2D eigenvalue weighted by molar-refractivity contribution is 7.99. The number of halogens is 4. The number of nitrogens with one attached hydrogen (secondary N) is 2. The van der Waals surface area contributed by atoms with Gasteiger partial charge in [-0.15, -0.1) is 11.8 Å². The first-order valence-corrected chi connectivity index (χ1v) is 24.7. The standard InChI is InChI=1S/C45H53ClF3N5O5S3/c1-44(2)22-20-40(32-10-14-35(46)15-11-32)34(29-44)30-53-24-26-54(27-25-53)37-16-12-33(13-17-37)43(55)51-62(58,59)39-18-19-41(42(28-39)61(56,57)45(47,48)49)50-36(21-23-52(3)4)31-60-38-8-6-5-7-9-38/h5-19,28,36,50H,20-27,29-31H2,1-4H3,(H,51,55)/t36-/m1/s1. The summed E-state index contributed by atoms with van der Waals surface area (Å²) in [6, 6.07) is 25.7. The maximum absolute atomic E-state index is 14.1. The molecule has 1 fully saturated rings. The van der Waals surface area contributed by atoms with Crippen LogP contribution in [0.4, 0.5) is 24.5 Å². The van der Waals surface area contributed by atoms with Gasteiger partial charge in [0.15, 0.2) is 0 Å². The second-order valence-corrected chi connectivity index (χ2v) is 22.0. The van der Waals surface area contributed by atoms with Gasteiger partial charge < -0.3 is 15.1 Å². The monoisotopic (exact) mass is 931 g/mol.